The molecule has 1 aromatic rings. The third-order valence-corrected chi connectivity index (χ3v) is 2.85. The van der Waals surface area contributed by atoms with Crippen LogP contribution in [-0.4, -0.2) is 37.2 Å². The van der Waals surface area contributed by atoms with E-state index in [4.69, 9.17) is 4.74 Å². The third-order valence-electron chi connectivity index (χ3n) is 2.85. The Morgan fingerprint density at radius 1 is 1.42 bits per heavy atom. The number of hydrogen-bond donors (Lipinski definition) is 2. The Bertz CT molecular complexity index is 370. The molecule has 5 nitrogen and oxygen atoms in total. The van der Waals surface area contributed by atoms with Gasteiger partial charge in [-0.25, -0.2) is 0 Å². The van der Waals surface area contributed by atoms with Crippen molar-refractivity contribution < 1.29 is 9.53 Å². The van der Waals surface area contributed by atoms with Gasteiger partial charge in [-0.05, 0) is 32.4 Å². The fourth-order valence-electron chi connectivity index (χ4n) is 1.75. The average molecular weight is 265 g/mol. The summed E-state index contributed by atoms with van der Waals surface area (Å²) in [6.45, 7) is 5.14. The number of rotatable bonds is 8. The second-order valence-corrected chi connectivity index (χ2v) is 4.50. The summed E-state index contributed by atoms with van der Waals surface area (Å²) < 4.78 is 4.93. The van der Waals surface area contributed by atoms with Crippen molar-refractivity contribution in [3.63, 3.8) is 0 Å². The largest absolute Gasteiger partial charge is 0.385 e. The van der Waals surface area contributed by atoms with Gasteiger partial charge >= 0.3 is 0 Å². The van der Waals surface area contributed by atoms with E-state index in [1.54, 1.807) is 13.3 Å². The number of nitrogens with zero attached hydrogens (tertiary/aromatic N) is 1. The number of aromatic nitrogens is 1. The van der Waals surface area contributed by atoms with Crippen molar-refractivity contribution in [2.24, 2.45) is 0 Å². The van der Waals surface area contributed by atoms with E-state index in [-0.39, 0.29) is 18.0 Å². The topological polar surface area (TPSA) is 63.2 Å². The number of methoxy groups -OCH3 is 1. The minimum Gasteiger partial charge on any atom is -0.385 e. The van der Waals surface area contributed by atoms with Gasteiger partial charge in [0.1, 0.15) is 0 Å². The van der Waals surface area contributed by atoms with Crippen LogP contribution in [0.2, 0.25) is 0 Å². The minimum atomic E-state index is -0.250. The smallest absolute Gasteiger partial charge is 0.236 e. The molecule has 0 bridgehead atoms. The van der Waals surface area contributed by atoms with Crippen molar-refractivity contribution in [1.82, 2.24) is 15.6 Å². The Morgan fingerprint density at radius 3 is 2.84 bits per heavy atom. The van der Waals surface area contributed by atoms with Crippen LogP contribution in [0.1, 0.15) is 32.0 Å². The molecule has 0 fully saturated rings. The number of ether oxygens (including phenoxy) is 1. The first-order valence-corrected chi connectivity index (χ1v) is 6.58. The Labute approximate surface area is 114 Å². The first-order chi connectivity index (χ1) is 9.15. The summed E-state index contributed by atoms with van der Waals surface area (Å²) in [7, 11) is 1.65. The Balaban J connectivity index is 2.33. The number of pyridine rings is 1. The van der Waals surface area contributed by atoms with Gasteiger partial charge in [0.2, 0.25) is 5.91 Å². The summed E-state index contributed by atoms with van der Waals surface area (Å²) in [5.74, 6) is -0.00103. The van der Waals surface area contributed by atoms with Crippen molar-refractivity contribution in [3.8, 4) is 0 Å². The molecule has 0 aliphatic heterocycles. The van der Waals surface area contributed by atoms with Gasteiger partial charge in [-0.3, -0.25) is 15.1 Å². The molecule has 0 aromatic carbocycles. The highest BCUT2D eigenvalue weighted by Crippen LogP contribution is 2.08. The van der Waals surface area contributed by atoms with E-state index in [0.717, 1.165) is 12.1 Å². The molecule has 1 aromatic heterocycles. The molecule has 1 rings (SSSR count). The lowest BCUT2D eigenvalue weighted by atomic mass is 10.2. The minimum absolute atomic E-state index is 0.00103. The normalized spacial score (nSPS) is 13.8. The second-order valence-electron chi connectivity index (χ2n) is 4.50. The first kappa shape index (κ1) is 15.6. The van der Waals surface area contributed by atoms with Crippen molar-refractivity contribution in [1.29, 1.82) is 0 Å². The highest BCUT2D eigenvalue weighted by atomic mass is 16.5. The maximum atomic E-state index is 11.8. The van der Waals surface area contributed by atoms with E-state index in [2.05, 4.69) is 15.6 Å². The molecule has 0 saturated carbocycles. The molecule has 0 radical (unpaired) electrons. The SMILES string of the molecule is COCCCNC(=O)C(C)N[C@H](C)c1ccccn1. The van der Waals surface area contributed by atoms with Crippen LogP contribution in [0.15, 0.2) is 24.4 Å². The monoisotopic (exact) mass is 265 g/mol. The van der Waals surface area contributed by atoms with Crippen LogP contribution >= 0.6 is 0 Å². The van der Waals surface area contributed by atoms with Gasteiger partial charge in [0.25, 0.3) is 0 Å². The van der Waals surface area contributed by atoms with E-state index in [0.29, 0.717) is 13.2 Å². The highest BCUT2D eigenvalue weighted by Gasteiger charge is 2.16. The number of carbonyl (C=O) groups excluding carboxylic acids is 1. The Kier molecular flexibility index (Phi) is 7.07. The van der Waals surface area contributed by atoms with Gasteiger partial charge in [0.05, 0.1) is 11.7 Å². The molecule has 0 spiro atoms. The van der Waals surface area contributed by atoms with Crippen molar-refractivity contribution >= 4 is 5.91 Å². The summed E-state index contributed by atoms with van der Waals surface area (Å²) in [4.78, 5) is 16.1. The summed E-state index contributed by atoms with van der Waals surface area (Å²) in [6, 6.07) is 5.56. The van der Waals surface area contributed by atoms with Crippen LogP contribution in [0.4, 0.5) is 0 Å². The van der Waals surface area contributed by atoms with Gasteiger partial charge < -0.3 is 10.1 Å². The van der Waals surface area contributed by atoms with Gasteiger partial charge in [-0.2, -0.15) is 0 Å². The third kappa shape index (κ3) is 5.81. The molecule has 1 amide bonds. The van der Waals surface area contributed by atoms with Crippen LogP contribution in [0.5, 0.6) is 0 Å². The van der Waals surface area contributed by atoms with Crippen LogP contribution in [0.25, 0.3) is 0 Å². The van der Waals surface area contributed by atoms with E-state index in [1.807, 2.05) is 32.0 Å². The summed E-state index contributed by atoms with van der Waals surface area (Å²) in [5.41, 5.74) is 0.932. The molecule has 2 N–H and O–H groups in total. The fourth-order valence-corrected chi connectivity index (χ4v) is 1.75. The lowest BCUT2D eigenvalue weighted by Gasteiger charge is -2.19. The standard InChI is InChI=1S/C14H23N3O2/c1-11(13-7-4-5-8-15-13)17-12(2)14(18)16-9-6-10-19-3/h4-5,7-8,11-12,17H,6,9-10H2,1-3H3,(H,16,18)/t11-,12?/m1/s1. The second kappa shape index (κ2) is 8.61. The zero-order valence-corrected chi connectivity index (χ0v) is 11.8. The predicted molar refractivity (Wildman–Crippen MR) is 74.8 cm³/mol. The number of carbonyl (C=O) groups is 1. The van der Waals surface area contributed by atoms with Crippen LogP contribution in [0, 0.1) is 0 Å². The first-order valence-electron chi connectivity index (χ1n) is 6.58. The molecular formula is C14H23N3O2. The lowest BCUT2D eigenvalue weighted by Crippen LogP contribution is -2.43. The molecule has 0 saturated heterocycles. The fraction of sp³-hybridized carbons (Fsp3) is 0.571. The Morgan fingerprint density at radius 2 is 2.21 bits per heavy atom. The van der Waals surface area contributed by atoms with Crippen LogP contribution in [-0.2, 0) is 9.53 Å². The summed E-state index contributed by atoms with van der Waals surface area (Å²) in [5, 5.41) is 6.10. The molecule has 2 atom stereocenters. The highest BCUT2D eigenvalue weighted by molar-refractivity contribution is 5.81. The van der Waals surface area contributed by atoms with E-state index in [9.17, 15) is 4.79 Å². The molecule has 0 aliphatic carbocycles. The molecule has 0 aliphatic rings. The molecule has 1 heterocycles. The summed E-state index contributed by atoms with van der Waals surface area (Å²) >= 11 is 0. The molecule has 1 unspecified atom stereocenters. The van der Waals surface area contributed by atoms with Crippen molar-refractivity contribution in [2.45, 2.75) is 32.4 Å². The molecular weight excluding hydrogens is 242 g/mol. The zero-order chi connectivity index (χ0) is 14.1. The number of nitrogens with one attached hydrogen (secondary N) is 2. The van der Waals surface area contributed by atoms with E-state index in [1.165, 1.54) is 0 Å². The molecule has 5 heteroatoms. The van der Waals surface area contributed by atoms with E-state index < -0.39 is 0 Å². The van der Waals surface area contributed by atoms with E-state index >= 15 is 0 Å². The average Bonchev–Trinajstić information content (AvgIpc) is 2.44. The van der Waals surface area contributed by atoms with Gasteiger partial charge in [0, 0.05) is 32.5 Å². The molecule has 19 heavy (non-hydrogen) atoms. The van der Waals surface area contributed by atoms with Crippen LogP contribution in [0.3, 0.4) is 0 Å². The van der Waals surface area contributed by atoms with Gasteiger partial charge in [0.15, 0.2) is 0 Å². The molecule has 106 valence electrons. The van der Waals surface area contributed by atoms with Crippen molar-refractivity contribution in [2.75, 3.05) is 20.3 Å². The quantitative estimate of drug-likeness (QED) is 0.695. The van der Waals surface area contributed by atoms with Gasteiger partial charge in [-0.15, -0.1) is 0 Å². The zero-order valence-electron chi connectivity index (χ0n) is 11.8. The maximum absolute atomic E-state index is 11.8. The van der Waals surface area contributed by atoms with Gasteiger partial charge in [-0.1, -0.05) is 6.07 Å². The predicted octanol–water partition coefficient (Wildman–Crippen LogP) is 1.27. The Hall–Kier alpha value is -1.46. The lowest BCUT2D eigenvalue weighted by molar-refractivity contribution is -0.122. The summed E-state index contributed by atoms with van der Waals surface area (Å²) in [6.07, 6.45) is 2.58. The van der Waals surface area contributed by atoms with Crippen molar-refractivity contribution in [3.05, 3.63) is 30.1 Å². The number of amides is 1. The maximum Gasteiger partial charge on any atom is 0.236 e. The van der Waals surface area contributed by atoms with Crippen LogP contribution < -0.4 is 10.6 Å². The number of hydrogen-bond acceptors (Lipinski definition) is 4.